The molecule has 4 heterocycles. The number of amides is 1. The number of aromatic nitrogens is 2. The second kappa shape index (κ2) is 7.67. The Labute approximate surface area is 162 Å². The molecule has 1 amide bonds. The van der Waals surface area contributed by atoms with Gasteiger partial charge in [-0.3, -0.25) is 4.79 Å². The quantitative estimate of drug-likeness (QED) is 0.727. The molecular weight excluding hydrogens is 370 g/mol. The third-order valence-corrected chi connectivity index (χ3v) is 4.84. The van der Waals surface area contributed by atoms with Crippen molar-refractivity contribution in [3.8, 4) is 11.5 Å². The van der Waals surface area contributed by atoms with Crippen LogP contribution in [0.25, 0.3) is 22.6 Å². The highest BCUT2D eigenvalue weighted by Gasteiger charge is 2.31. The van der Waals surface area contributed by atoms with Crippen LogP contribution < -0.4 is 5.73 Å². The topological polar surface area (TPSA) is 102 Å². The molecule has 0 saturated carbocycles. The van der Waals surface area contributed by atoms with Gasteiger partial charge in [-0.05, 0) is 32.2 Å². The lowest BCUT2D eigenvalue weighted by molar-refractivity contribution is 0.0518. The van der Waals surface area contributed by atoms with Crippen molar-refractivity contribution in [1.82, 2.24) is 19.9 Å². The molecule has 0 bridgehead atoms. The zero-order chi connectivity index (χ0) is 18.3. The molecule has 1 atom stereocenters. The van der Waals surface area contributed by atoms with Crippen molar-refractivity contribution < 1.29 is 13.7 Å². The minimum atomic E-state index is -0.0833. The molecule has 4 rings (SSSR count). The van der Waals surface area contributed by atoms with E-state index >= 15 is 0 Å². The Morgan fingerprint density at radius 3 is 2.93 bits per heavy atom. The third kappa shape index (κ3) is 3.43. The lowest BCUT2D eigenvalue weighted by atomic mass is 10.0. The van der Waals surface area contributed by atoms with Crippen LogP contribution in [0.4, 0.5) is 0 Å². The van der Waals surface area contributed by atoms with Gasteiger partial charge in [0.2, 0.25) is 0 Å². The van der Waals surface area contributed by atoms with Gasteiger partial charge in [-0.15, -0.1) is 12.4 Å². The molecule has 1 saturated heterocycles. The van der Waals surface area contributed by atoms with E-state index in [4.69, 9.17) is 14.7 Å². The van der Waals surface area contributed by atoms with E-state index in [1.54, 1.807) is 31.4 Å². The highest BCUT2D eigenvalue weighted by atomic mass is 35.5. The van der Waals surface area contributed by atoms with Gasteiger partial charge in [-0.2, -0.15) is 0 Å². The number of nitrogens with zero attached hydrogens (tertiary/aromatic N) is 4. The predicted octanol–water partition coefficient (Wildman–Crippen LogP) is 1.93. The molecule has 144 valence electrons. The number of pyridine rings is 1. The molecule has 1 unspecified atom stereocenters. The van der Waals surface area contributed by atoms with Gasteiger partial charge in [0.1, 0.15) is 5.69 Å². The van der Waals surface area contributed by atoms with Crippen molar-refractivity contribution in [1.29, 1.82) is 0 Å². The molecule has 27 heavy (non-hydrogen) atoms. The van der Waals surface area contributed by atoms with E-state index in [9.17, 15) is 4.79 Å². The smallest absolute Gasteiger partial charge is 0.259 e. The molecule has 9 heteroatoms. The Morgan fingerprint density at radius 1 is 1.41 bits per heavy atom. The first-order valence-electron chi connectivity index (χ1n) is 8.59. The molecule has 3 aromatic rings. The zero-order valence-electron chi connectivity index (χ0n) is 15.2. The van der Waals surface area contributed by atoms with Crippen molar-refractivity contribution in [2.45, 2.75) is 13.0 Å². The van der Waals surface area contributed by atoms with Crippen LogP contribution >= 0.6 is 12.4 Å². The summed E-state index contributed by atoms with van der Waals surface area (Å²) < 4.78 is 10.8. The van der Waals surface area contributed by atoms with E-state index in [0.717, 1.165) is 13.1 Å². The lowest BCUT2D eigenvalue weighted by Gasteiger charge is -2.39. The number of fused-ring (bicyclic) bond motifs is 1. The van der Waals surface area contributed by atoms with Crippen LogP contribution in [-0.2, 0) is 0 Å². The minimum Gasteiger partial charge on any atom is -0.463 e. The van der Waals surface area contributed by atoms with Gasteiger partial charge in [0.15, 0.2) is 5.76 Å². The number of piperazine rings is 1. The maximum Gasteiger partial charge on any atom is 0.259 e. The summed E-state index contributed by atoms with van der Waals surface area (Å²) in [6.45, 7) is 4.41. The van der Waals surface area contributed by atoms with E-state index in [-0.39, 0.29) is 24.4 Å². The number of likely N-dealkylation sites (N-methyl/N-ethyl adjacent to an activating group) is 1. The molecule has 1 fully saturated rings. The number of halogens is 1. The Balaban J connectivity index is 0.00000210. The normalized spacial score (nSPS) is 17.9. The van der Waals surface area contributed by atoms with Crippen molar-refractivity contribution in [3.05, 3.63) is 35.7 Å². The molecule has 1 aliphatic rings. The number of rotatable bonds is 3. The summed E-state index contributed by atoms with van der Waals surface area (Å²) in [5.74, 6) is 0.490. The fourth-order valence-corrected chi connectivity index (χ4v) is 3.45. The molecule has 2 N–H and O–H groups in total. The maximum absolute atomic E-state index is 13.4. The molecule has 0 aliphatic carbocycles. The van der Waals surface area contributed by atoms with E-state index < -0.39 is 0 Å². The van der Waals surface area contributed by atoms with Gasteiger partial charge in [0.05, 0.1) is 28.9 Å². The van der Waals surface area contributed by atoms with Crippen molar-refractivity contribution in [2.24, 2.45) is 5.73 Å². The first-order valence-corrected chi connectivity index (χ1v) is 8.59. The van der Waals surface area contributed by atoms with E-state index in [1.165, 1.54) is 0 Å². The second-order valence-corrected chi connectivity index (χ2v) is 6.63. The Hall–Kier alpha value is -2.42. The number of hydrogen-bond donors (Lipinski definition) is 1. The molecule has 0 radical (unpaired) electrons. The van der Waals surface area contributed by atoms with E-state index in [0.29, 0.717) is 46.9 Å². The Morgan fingerprint density at radius 2 is 2.22 bits per heavy atom. The van der Waals surface area contributed by atoms with Crippen LogP contribution in [0.3, 0.4) is 0 Å². The van der Waals surface area contributed by atoms with Gasteiger partial charge < -0.3 is 24.5 Å². The number of nitrogens with two attached hydrogens (primary N) is 1. The summed E-state index contributed by atoms with van der Waals surface area (Å²) >= 11 is 0. The monoisotopic (exact) mass is 391 g/mol. The van der Waals surface area contributed by atoms with Crippen LogP contribution in [0.1, 0.15) is 16.1 Å². The Bertz CT molecular complexity index is 940. The largest absolute Gasteiger partial charge is 0.463 e. The molecule has 0 aromatic carbocycles. The van der Waals surface area contributed by atoms with E-state index in [1.807, 2.05) is 11.9 Å². The first kappa shape index (κ1) is 19.3. The Kier molecular flexibility index (Phi) is 5.50. The third-order valence-electron chi connectivity index (χ3n) is 4.84. The lowest BCUT2D eigenvalue weighted by Crippen LogP contribution is -2.56. The van der Waals surface area contributed by atoms with Crippen LogP contribution in [0.15, 0.2) is 33.4 Å². The summed E-state index contributed by atoms with van der Waals surface area (Å²) in [6.07, 6.45) is 1.57. The van der Waals surface area contributed by atoms with Crippen molar-refractivity contribution in [3.63, 3.8) is 0 Å². The average molecular weight is 392 g/mol. The van der Waals surface area contributed by atoms with Crippen LogP contribution in [-0.4, -0.2) is 65.1 Å². The average Bonchev–Trinajstić information content (AvgIpc) is 3.30. The molecule has 0 spiro atoms. The second-order valence-electron chi connectivity index (χ2n) is 6.63. The number of hydrogen-bond acceptors (Lipinski definition) is 7. The van der Waals surface area contributed by atoms with Crippen molar-refractivity contribution >= 4 is 29.4 Å². The van der Waals surface area contributed by atoms with Gasteiger partial charge in [0, 0.05) is 26.2 Å². The summed E-state index contributed by atoms with van der Waals surface area (Å²) in [4.78, 5) is 21.9. The maximum atomic E-state index is 13.4. The van der Waals surface area contributed by atoms with Crippen molar-refractivity contribution in [2.75, 3.05) is 33.2 Å². The summed E-state index contributed by atoms with van der Waals surface area (Å²) in [5, 5.41) is 4.62. The van der Waals surface area contributed by atoms with Crippen LogP contribution in [0.2, 0.25) is 0 Å². The number of carbonyl (C=O) groups excluding carboxylic acids is 1. The summed E-state index contributed by atoms with van der Waals surface area (Å²) in [5.41, 5.74) is 7.95. The molecular formula is C18H22ClN5O3. The van der Waals surface area contributed by atoms with Gasteiger partial charge in [-0.25, -0.2) is 4.98 Å². The minimum absolute atomic E-state index is 0. The van der Waals surface area contributed by atoms with Crippen LogP contribution in [0.5, 0.6) is 0 Å². The number of furan rings is 1. The molecule has 3 aromatic heterocycles. The standard InChI is InChI=1S/C18H21N5O3.ClH/c1-11-16-13(18(24)23-6-5-22(2)10-12(23)9-19)8-14(15-4-3-7-25-15)20-17(16)26-21-11;/h3-4,7-8,12H,5-6,9-10,19H2,1-2H3;1H. The zero-order valence-corrected chi connectivity index (χ0v) is 16.0. The fraction of sp³-hybridized carbons (Fsp3) is 0.389. The predicted molar refractivity (Wildman–Crippen MR) is 103 cm³/mol. The van der Waals surface area contributed by atoms with Crippen LogP contribution in [0, 0.1) is 6.92 Å². The highest BCUT2D eigenvalue weighted by molar-refractivity contribution is 6.07. The summed E-state index contributed by atoms with van der Waals surface area (Å²) in [7, 11) is 2.04. The van der Waals surface area contributed by atoms with Gasteiger partial charge in [0.25, 0.3) is 11.6 Å². The fourth-order valence-electron chi connectivity index (χ4n) is 3.45. The number of aryl methyl sites for hydroxylation is 1. The molecule has 8 nitrogen and oxygen atoms in total. The SMILES string of the molecule is Cc1noc2nc(-c3ccco3)cc(C(=O)N3CCN(C)CC3CN)c12.Cl. The molecule has 1 aliphatic heterocycles. The first-order chi connectivity index (χ1) is 12.6. The summed E-state index contributed by atoms with van der Waals surface area (Å²) in [6, 6.07) is 5.29. The van der Waals surface area contributed by atoms with Gasteiger partial charge in [-0.1, -0.05) is 5.16 Å². The van der Waals surface area contributed by atoms with E-state index in [2.05, 4.69) is 15.0 Å². The highest BCUT2D eigenvalue weighted by Crippen LogP contribution is 2.29. The number of carbonyl (C=O) groups is 1. The van der Waals surface area contributed by atoms with Gasteiger partial charge >= 0.3 is 0 Å².